The van der Waals surface area contributed by atoms with Gasteiger partial charge in [-0.2, -0.15) is 9.36 Å². The number of pyridine rings is 1. The maximum atomic E-state index is 13.2. The van der Waals surface area contributed by atoms with Crippen molar-refractivity contribution in [1.82, 2.24) is 24.6 Å². The number of aliphatic carboxylic acids is 1. The second kappa shape index (κ2) is 15.2. The third-order valence-electron chi connectivity index (χ3n) is 5.77. The fourth-order valence-corrected chi connectivity index (χ4v) is 8.58. The van der Waals surface area contributed by atoms with Crippen LogP contribution in [-0.2, 0) is 30.8 Å². The number of halogens is 2. The van der Waals surface area contributed by atoms with E-state index in [-0.39, 0.29) is 53.8 Å². The monoisotopic (exact) mass is 756 g/mol. The third kappa shape index (κ3) is 8.32. The van der Waals surface area contributed by atoms with Gasteiger partial charge >= 0.3 is 5.97 Å². The van der Waals surface area contributed by atoms with E-state index in [1.807, 2.05) is 41.5 Å². The molecular weight excluding hydrogens is 734 g/mol. The van der Waals surface area contributed by atoms with E-state index in [1.165, 1.54) is 34.9 Å². The molecule has 5 heterocycles. The smallest absolute Gasteiger partial charge is 0.353 e. The highest BCUT2D eigenvalue weighted by molar-refractivity contribution is 8.07. The molecular formula is C22H23Cl2N8O8PS4. The Morgan fingerprint density at radius 1 is 1.31 bits per heavy atom. The van der Waals surface area contributed by atoms with Gasteiger partial charge in [-0.05, 0) is 6.92 Å². The number of thioether (sulfide) groups is 2. The fraction of sp³-hybridized carbons (Fsp3) is 0.273. The summed E-state index contributed by atoms with van der Waals surface area (Å²) in [5, 5.41) is 18.8. The van der Waals surface area contributed by atoms with Crippen molar-refractivity contribution in [3.63, 3.8) is 0 Å². The molecule has 2 aliphatic heterocycles. The summed E-state index contributed by atoms with van der Waals surface area (Å²) in [6, 6.07) is 2.75. The summed E-state index contributed by atoms with van der Waals surface area (Å²) in [6.45, 7) is 1.68. The van der Waals surface area contributed by atoms with E-state index in [2.05, 4.69) is 24.8 Å². The molecule has 23 heteroatoms. The minimum atomic E-state index is -4.92. The van der Waals surface area contributed by atoms with Crippen LogP contribution in [0.5, 0.6) is 0 Å². The zero-order valence-corrected chi connectivity index (χ0v) is 28.7. The zero-order valence-electron chi connectivity index (χ0n) is 22.9. The molecule has 0 aliphatic carbocycles. The van der Waals surface area contributed by atoms with Crippen molar-refractivity contribution >= 4 is 108 Å². The number of rotatable bonds is 11. The summed E-state index contributed by atoms with van der Waals surface area (Å²) in [6.07, 6.45) is 3.79. The number of aromatic nitrogens is 4. The molecule has 2 aliphatic rings. The Bertz CT molecular complexity index is 1700. The van der Waals surface area contributed by atoms with E-state index in [1.54, 1.807) is 12.0 Å². The lowest BCUT2D eigenvalue weighted by Crippen LogP contribution is -2.71. The molecule has 1 unspecified atom stereocenters. The number of aryl methyl sites for hydroxylation is 1. The van der Waals surface area contributed by atoms with Gasteiger partial charge in [0.25, 0.3) is 11.8 Å². The number of anilines is 1. The van der Waals surface area contributed by atoms with Crippen molar-refractivity contribution in [2.45, 2.75) is 22.7 Å². The van der Waals surface area contributed by atoms with Crippen molar-refractivity contribution in [3.8, 4) is 11.3 Å². The third-order valence-corrected chi connectivity index (χ3v) is 10.5. The summed E-state index contributed by atoms with van der Waals surface area (Å²) in [4.78, 5) is 73.7. The number of β-lactam (4-membered cyclic amide) rings is 1. The summed E-state index contributed by atoms with van der Waals surface area (Å²) in [7, 11) is -3.02. The molecule has 2 amide bonds. The van der Waals surface area contributed by atoms with Crippen LogP contribution in [0.1, 0.15) is 12.7 Å². The number of nitrogens with zero attached hydrogens (tertiary/aromatic N) is 6. The van der Waals surface area contributed by atoms with Crippen molar-refractivity contribution in [1.29, 1.82) is 0 Å². The van der Waals surface area contributed by atoms with Crippen molar-refractivity contribution in [3.05, 3.63) is 46.3 Å². The molecule has 0 radical (unpaired) electrons. The first-order valence-electron chi connectivity index (χ1n) is 12.1. The quantitative estimate of drug-likeness (QED) is 0.0715. The van der Waals surface area contributed by atoms with Gasteiger partial charge in [-0.25, -0.2) is 14.3 Å². The molecule has 45 heavy (non-hydrogen) atoms. The Labute approximate surface area is 283 Å². The molecule has 5 rings (SSSR count). The molecule has 1 fully saturated rings. The topological polar surface area (TPSA) is 223 Å². The number of oxime groups is 1. The van der Waals surface area contributed by atoms with Gasteiger partial charge in [-0.3, -0.25) is 19.1 Å². The van der Waals surface area contributed by atoms with Gasteiger partial charge in [-0.15, -0.1) is 47.9 Å². The van der Waals surface area contributed by atoms with E-state index in [0.717, 1.165) is 16.2 Å². The van der Waals surface area contributed by atoms with Gasteiger partial charge in [0, 0.05) is 45.3 Å². The Balaban J connectivity index is 0.00000276. The van der Waals surface area contributed by atoms with Gasteiger partial charge < -0.3 is 30.1 Å². The molecule has 242 valence electrons. The molecule has 4 N–H and O–H groups in total. The lowest BCUT2D eigenvalue weighted by Gasteiger charge is -2.49. The number of nitrogens with one attached hydrogen (secondary N) is 2. The molecule has 3 atom stereocenters. The van der Waals surface area contributed by atoms with Crippen LogP contribution in [0.3, 0.4) is 0 Å². The summed E-state index contributed by atoms with van der Waals surface area (Å²) >= 11 is 4.35. The first-order valence-corrected chi connectivity index (χ1v) is 17.2. The van der Waals surface area contributed by atoms with Crippen LogP contribution in [-0.4, -0.2) is 76.5 Å². The van der Waals surface area contributed by atoms with Gasteiger partial charge in [0.15, 0.2) is 16.7 Å². The summed E-state index contributed by atoms with van der Waals surface area (Å²) < 4.78 is 17.5. The number of carboxylic acid groups (broad SMARTS) is 1. The number of carbonyl (C=O) groups excluding carboxylic acids is 2. The largest absolute Gasteiger partial charge is 0.762 e. The van der Waals surface area contributed by atoms with Gasteiger partial charge in [0.2, 0.25) is 24.4 Å². The number of amides is 2. The van der Waals surface area contributed by atoms with Crippen LogP contribution in [0.15, 0.2) is 50.0 Å². The van der Waals surface area contributed by atoms with E-state index in [9.17, 15) is 28.9 Å². The Morgan fingerprint density at radius 2 is 2.02 bits per heavy atom. The molecule has 1 saturated heterocycles. The van der Waals surface area contributed by atoms with E-state index < -0.39 is 42.7 Å². The Hall–Kier alpha value is -2.81. The van der Waals surface area contributed by atoms with Gasteiger partial charge in [0.05, 0.1) is 5.69 Å². The molecule has 0 bridgehead atoms. The van der Waals surface area contributed by atoms with Crippen molar-refractivity contribution in [2.24, 2.45) is 12.2 Å². The van der Waals surface area contributed by atoms with Crippen molar-refractivity contribution < 1.29 is 43.2 Å². The standard InChI is InChI=1S/C22H21N8O8PS4.2ClH/c1-3-38-26-13(16-25-21(43-28-16)27-39(35,36)37)17(31)24-14-18(32)30-15(20(33)34)12(9-40-19(14)30)42-22-23-11(8-41-22)10-4-6-29(2)7-5-10;;/h4-8,14,19H,3,9H2,1-2H3,(H4-,24,25,27,28,31,33,34,35,36,37);2*1H/b26-13+;;/t14-,19-;;/m1../s1. The second-order valence-electron chi connectivity index (χ2n) is 8.70. The number of thiazole rings is 1. The van der Waals surface area contributed by atoms with E-state index >= 15 is 0 Å². The van der Waals surface area contributed by atoms with E-state index in [0.29, 0.717) is 20.8 Å². The highest BCUT2D eigenvalue weighted by Crippen LogP contribution is 2.46. The molecule has 0 saturated carbocycles. The number of fused-ring (bicyclic) bond motifs is 1. The average Bonchev–Trinajstić information content (AvgIpc) is 3.60. The number of hydrogen-bond donors (Lipinski definition) is 4. The highest BCUT2D eigenvalue weighted by Gasteiger charge is 2.54. The average molecular weight is 758 g/mol. The Kier molecular flexibility index (Phi) is 12.4. The Morgan fingerprint density at radius 3 is 2.67 bits per heavy atom. The predicted molar refractivity (Wildman–Crippen MR) is 170 cm³/mol. The molecule has 3 aromatic heterocycles. The lowest BCUT2D eigenvalue weighted by atomic mass is 10.0. The normalized spacial score (nSPS) is 18.9. The van der Waals surface area contributed by atoms with Crippen LogP contribution in [0.4, 0.5) is 5.13 Å². The van der Waals surface area contributed by atoms with Gasteiger partial charge in [-0.1, -0.05) is 16.9 Å². The van der Waals surface area contributed by atoms with Gasteiger partial charge in [0.1, 0.15) is 30.8 Å². The first-order chi connectivity index (χ1) is 20.4. The van der Waals surface area contributed by atoms with E-state index in [4.69, 9.17) is 9.73 Å². The maximum Gasteiger partial charge on any atom is 0.353 e. The number of hydrogen-bond acceptors (Lipinski definition) is 14. The minimum absolute atomic E-state index is 0. The van der Waals surface area contributed by atoms with Crippen LogP contribution in [0.25, 0.3) is 11.3 Å². The van der Waals surface area contributed by atoms with Crippen molar-refractivity contribution in [2.75, 3.05) is 17.4 Å². The first kappa shape index (κ1) is 36.7. The zero-order chi connectivity index (χ0) is 30.9. The maximum absolute atomic E-state index is 13.2. The minimum Gasteiger partial charge on any atom is -0.762 e. The molecule has 16 nitrogen and oxygen atoms in total. The predicted octanol–water partition coefficient (Wildman–Crippen LogP) is 1.43. The summed E-state index contributed by atoms with van der Waals surface area (Å²) in [5.74, 6) is -2.90. The second-order valence-corrected chi connectivity index (χ2v) is 14.0. The summed E-state index contributed by atoms with van der Waals surface area (Å²) in [5.41, 5.74) is 1.03. The lowest BCUT2D eigenvalue weighted by molar-refractivity contribution is -0.671. The van der Waals surface area contributed by atoms with Crippen LogP contribution in [0.2, 0.25) is 0 Å². The SMILES string of the molecule is CCO/N=C(/C(=O)N[C@@H]1C(=O)N2C(C(=O)O)=C(Sc3nc(-c4cc[n+](C)cc4)cs3)CS[C@H]12)c1nsc(NP(=O)([O-])O)n1.Cl.Cl. The van der Waals surface area contributed by atoms with Crippen LogP contribution in [0, 0.1) is 0 Å². The number of carboxylic acids is 1. The number of carbonyl (C=O) groups is 3. The fourth-order valence-electron chi connectivity index (χ4n) is 3.89. The molecule has 0 spiro atoms. The highest BCUT2D eigenvalue weighted by atomic mass is 35.5. The van der Waals surface area contributed by atoms with Crippen LogP contribution >= 0.6 is 79.0 Å². The molecule has 0 aromatic carbocycles. The molecule has 3 aromatic rings. The van der Waals surface area contributed by atoms with Crippen LogP contribution < -0.4 is 19.9 Å².